The predicted molar refractivity (Wildman–Crippen MR) is 173 cm³/mol. The first kappa shape index (κ1) is 41.7. The first-order chi connectivity index (χ1) is 21.5. The number of carboxylic acids is 1. The number of halogens is 1. The van der Waals surface area contributed by atoms with Crippen LogP contribution in [-0.4, -0.2) is 123 Å². The third-order valence-electron chi connectivity index (χ3n) is 6.90. The fraction of sp³-hybridized carbons (Fsp3) is 0.812. The van der Waals surface area contributed by atoms with E-state index in [-0.39, 0.29) is 17.6 Å². The third kappa shape index (κ3) is 14.6. The largest absolute Gasteiger partial charge is 0.480 e. The molecule has 1 N–H and O–H groups in total. The standard InChI is InChI=1S/C11H18ClNO3.C11H19NO4.C10H17NO4/c1-11(2,3)16-10(15)13-6-4-5-8(13)9(14)7-12;1-11(2,3)16-10(14)12-7-5-6-8(12)9(13)15-4;1-10(2,3)15-9(14)11-6-4-5-7(11)8(12)13/h8H,4-7H2,1-3H3;8H,5-7H2,1-4H3;7H,4-6H2,1-3H3,(H,12,13)/t2*8-;7-/m111/s1. The number of aliphatic carboxylic acids is 1. The highest BCUT2D eigenvalue weighted by Crippen LogP contribution is 2.23. The minimum absolute atomic E-state index is 0.0516. The summed E-state index contributed by atoms with van der Waals surface area (Å²) in [5.41, 5.74) is -1.66. The molecule has 14 nitrogen and oxygen atoms in total. The zero-order chi connectivity index (χ0) is 36.3. The van der Waals surface area contributed by atoms with Gasteiger partial charge in [-0.3, -0.25) is 19.5 Å². The highest BCUT2D eigenvalue weighted by atomic mass is 35.5. The molecule has 0 aromatic carbocycles. The monoisotopic (exact) mass is 691 g/mol. The van der Waals surface area contributed by atoms with Gasteiger partial charge in [-0.1, -0.05) is 0 Å². The number of rotatable bonds is 4. The van der Waals surface area contributed by atoms with Gasteiger partial charge in [-0.2, -0.15) is 0 Å². The Morgan fingerprint density at radius 3 is 1.26 bits per heavy atom. The zero-order valence-corrected chi connectivity index (χ0v) is 30.3. The quantitative estimate of drug-likeness (QED) is 0.233. The molecule has 3 saturated heterocycles. The lowest BCUT2D eigenvalue weighted by Crippen LogP contribution is -2.43. The SMILES string of the molecule is CC(C)(C)OC(=O)N1CCC[C@@H]1C(=O)CCl.CC(C)(C)OC(=O)N1CCC[C@@H]1C(=O)O.COC(=O)[C@H]1CCCN1C(=O)OC(C)(C)C. The molecule has 0 saturated carbocycles. The second-order valence-electron chi connectivity index (χ2n) is 14.5. The maximum Gasteiger partial charge on any atom is 0.411 e. The Bertz CT molecular complexity index is 1050. The van der Waals surface area contributed by atoms with Crippen molar-refractivity contribution in [3.05, 3.63) is 0 Å². The molecule has 0 aromatic heterocycles. The summed E-state index contributed by atoms with van der Waals surface area (Å²) in [7, 11) is 1.33. The van der Waals surface area contributed by atoms with Crippen molar-refractivity contribution in [3.63, 3.8) is 0 Å². The number of hydrogen-bond donors (Lipinski definition) is 1. The van der Waals surface area contributed by atoms with Crippen molar-refractivity contribution in [2.75, 3.05) is 32.6 Å². The van der Waals surface area contributed by atoms with Gasteiger partial charge in [0.25, 0.3) is 0 Å². The minimum atomic E-state index is -0.960. The van der Waals surface area contributed by atoms with Crippen LogP contribution >= 0.6 is 11.6 Å². The molecule has 0 radical (unpaired) electrons. The fourth-order valence-corrected chi connectivity index (χ4v) is 5.16. The van der Waals surface area contributed by atoms with E-state index >= 15 is 0 Å². The van der Waals surface area contributed by atoms with E-state index in [1.165, 1.54) is 21.8 Å². The minimum Gasteiger partial charge on any atom is -0.480 e. The van der Waals surface area contributed by atoms with Gasteiger partial charge >= 0.3 is 30.2 Å². The summed E-state index contributed by atoms with van der Waals surface area (Å²) in [6, 6.07) is -1.60. The van der Waals surface area contributed by atoms with Gasteiger partial charge in [-0.15, -0.1) is 11.6 Å². The molecule has 47 heavy (non-hydrogen) atoms. The van der Waals surface area contributed by atoms with Crippen molar-refractivity contribution in [1.82, 2.24) is 14.7 Å². The number of esters is 1. The number of nitrogens with zero attached hydrogens (tertiary/aromatic N) is 3. The van der Waals surface area contributed by atoms with Crippen molar-refractivity contribution in [1.29, 1.82) is 0 Å². The number of methoxy groups -OCH3 is 1. The van der Waals surface area contributed by atoms with Crippen molar-refractivity contribution >= 4 is 47.6 Å². The Morgan fingerprint density at radius 2 is 0.936 bits per heavy atom. The van der Waals surface area contributed by atoms with Crippen LogP contribution in [0.2, 0.25) is 0 Å². The molecule has 270 valence electrons. The summed E-state index contributed by atoms with van der Waals surface area (Å²) in [5, 5.41) is 8.88. The van der Waals surface area contributed by atoms with Crippen LogP contribution < -0.4 is 0 Å². The van der Waals surface area contributed by atoms with Crippen LogP contribution in [0.3, 0.4) is 0 Å². The molecule has 0 aliphatic carbocycles. The van der Waals surface area contributed by atoms with Crippen molar-refractivity contribution < 1.29 is 52.8 Å². The van der Waals surface area contributed by atoms with E-state index < -0.39 is 59.2 Å². The number of hydrogen-bond acceptors (Lipinski definition) is 10. The Labute approximate surface area is 283 Å². The highest BCUT2D eigenvalue weighted by molar-refractivity contribution is 6.28. The average Bonchev–Trinajstić information content (AvgIpc) is 3.70. The van der Waals surface area contributed by atoms with E-state index in [0.29, 0.717) is 38.9 Å². The van der Waals surface area contributed by atoms with Crippen LogP contribution in [-0.2, 0) is 33.3 Å². The molecular formula is C32H54ClN3O11. The van der Waals surface area contributed by atoms with Gasteiger partial charge in [0.05, 0.1) is 19.0 Å². The van der Waals surface area contributed by atoms with Crippen LogP contribution in [0.15, 0.2) is 0 Å². The first-order valence-electron chi connectivity index (χ1n) is 15.9. The summed E-state index contributed by atoms with van der Waals surface area (Å²) >= 11 is 5.51. The number of likely N-dealkylation sites (tertiary alicyclic amines) is 3. The van der Waals surface area contributed by atoms with Crippen LogP contribution in [0.4, 0.5) is 14.4 Å². The smallest absolute Gasteiger partial charge is 0.411 e. The summed E-state index contributed by atoms with van der Waals surface area (Å²) in [6.45, 7) is 17.7. The molecule has 3 fully saturated rings. The van der Waals surface area contributed by atoms with Crippen LogP contribution in [0.25, 0.3) is 0 Å². The van der Waals surface area contributed by atoms with Gasteiger partial charge in [-0.25, -0.2) is 24.0 Å². The highest BCUT2D eigenvalue weighted by Gasteiger charge is 2.38. The van der Waals surface area contributed by atoms with E-state index in [0.717, 1.165) is 19.3 Å². The number of alkyl halides is 1. The summed E-state index contributed by atoms with van der Waals surface area (Å²) in [4.78, 5) is 73.2. The lowest BCUT2D eigenvalue weighted by Gasteiger charge is -2.27. The average molecular weight is 692 g/mol. The normalized spacial score (nSPS) is 21.1. The second kappa shape index (κ2) is 17.7. The van der Waals surface area contributed by atoms with Crippen molar-refractivity contribution in [2.24, 2.45) is 0 Å². The second-order valence-corrected chi connectivity index (χ2v) is 14.7. The van der Waals surface area contributed by atoms with E-state index in [9.17, 15) is 28.8 Å². The van der Waals surface area contributed by atoms with E-state index in [1.807, 2.05) is 0 Å². The molecule has 3 atom stereocenters. The van der Waals surface area contributed by atoms with Crippen LogP contribution in [0, 0.1) is 0 Å². The molecular weight excluding hydrogens is 638 g/mol. The van der Waals surface area contributed by atoms with Gasteiger partial charge < -0.3 is 24.1 Å². The summed E-state index contributed by atoms with van der Waals surface area (Å²) < 4.78 is 20.2. The Hall–Kier alpha value is -3.29. The number of amides is 3. The molecule has 3 aliphatic rings. The number of Topliss-reactive ketones (excluding diaryl/α,β-unsaturated/α-hetero) is 1. The number of carboxylic acid groups (broad SMARTS) is 1. The molecule has 0 bridgehead atoms. The number of ketones is 1. The summed E-state index contributed by atoms with van der Waals surface area (Å²) in [6.07, 6.45) is 2.79. The predicted octanol–water partition coefficient (Wildman–Crippen LogP) is 5.22. The number of carbonyl (C=O) groups excluding carboxylic acids is 5. The van der Waals surface area contributed by atoms with Crippen molar-refractivity contribution in [2.45, 2.75) is 136 Å². The number of ether oxygens (including phenoxy) is 4. The maximum atomic E-state index is 11.8. The Kier molecular flexibility index (Phi) is 15.8. The van der Waals surface area contributed by atoms with E-state index in [4.69, 9.17) is 30.9 Å². The summed E-state index contributed by atoms with van der Waals surface area (Å²) in [5.74, 6) is -1.49. The molecule has 0 aromatic rings. The molecule has 0 unspecified atom stereocenters. The first-order valence-corrected chi connectivity index (χ1v) is 16.4. The molecule has 3 aliphatic heterocycles. The topological polar surface area (TPSA) is 169 Å². The molecule has 3 rings (SSSR count). The fourth-order valence-electron chi connectivity index (χ4n) is 4.98. The lowest BCUT2D eigenvalue weighted by molar-refractivity contribution is -0.145. The van der Waals surface area contributed by atoms with Crippen LogP contribution in [0.5, 0.6) is 0 Å². The van der Waals surface area contributed by atoms with Crippen molar-refractivity contribution in [3.8, 4) is 0 Å². The lowest BCUT2D eigenvalue weighted by atomic mass is 10.1. The van der Waals surface area contributed by atoms with Gasteiger partial charge in [0.2, 0.25) is 0 Å². The molecule has 0 spiro atoms. The van der Waals surface area contributed by atoms with Gasteiger partial charge in [-0.05, 0) is 101 Å². The van der Waals surface area contributed by atoms with Gasteiger partial charge in [0.15, 0.2) is 5.78 Å². The van der Waals surface area contributed by atoms with Gasteiger partial charge in [0.1, 0.15) is 28.9 Å². The Balaban J connectivity index is 0.000000353. The molecule has 3 heterocycles. The zero-order valence-electron chi connectivity index (χ0n) is 29.6. The Morgan fingerprint density at radius 1 is 0.617 bits per heavy atom. The molecule has 3 amide bonds. The third-order valence-corrected chi connectivity index (χ3v) is 7.17. The maximum absolute atomic E-state index is 11.8. The molecule has 15 heteroatoms. The van der Waals surface area contributed by atoms with Crippen LogP contribution in [0.1, 0.15) is 101 Å². The van der Waals surface area contributed by atoms with E-state index in [2.05, 4.69) is 4.74 Å². The van der Waals surface area contributed by atoms with Gasteiger partial charge in [0, 0.05) is 19.6 Å². The van der Waals surface area contributed by atoms with E-state index in [1.54, 1.807) is 62.3 Å². The number of carbonyl (C=O) groups is 6.